The summed E-state index contributed by atoms with van der Waals surface area (Å²) in [5.41, 5.74) is 5.25. The summed E-state index contributed by atoms with van der Waals surface area (Å²) in [7, 11) is 0. The molecule has 1 fully saturated rings. The third-order valence-electron chi connectivity index (χ3n) is 4.61. The Hall–Kier alpha value is -1.90. The second-order valence-corrected chi connectivity index (χ2v) is 5.98. The standard InChI is InChI=1S/C20H20O2/c1-2-4-16(5-3-1)17-6-8-18(9-7-17)19-10-12-20(13-11-19)21-14-15-22-20/h1-10H,11-15H2. The summed E-state index contributed by atoms with van der Waals surface area (Å²) in [5, 5.41) is 0. The summed E-state index contributed by atoms with van der Waals surface area (Å²) in [6.45, 7) is 1.46. The van der Waals surface area contributed by atoms with Gasteiger partial charge in [-0.05, 0) is 28.7 Å². The molecule has 2 aromatic rings. The zero-order valence-corrected chi connectivity index (χ0v) is 12.6. The zero-order chi connectivity index (χ0) is 14.8. The van der Waals surface area contributed by atoms with Crippen molar-refractivity contribution in [2.45, 2.75) is 25.0 Å². The average molecular weight is 292 g/mol. The van der Waals surface area contributed by atoms with Crippen molar-refractivity contribution in [3.05, 3.63) is 66.2 Å². The third kappa shape index (κ3) is 2.60. The Morgan fingerprint density at radius 2 is 1.36 bits per heavy atom. The Labute approximate surface area is 131 Å². The largest absolute Gasteiger partial charge is 0.347 e. The van der Waals surface area contributed by atoms with Crippen molar-refractivity contribution in [3.8, 4) is 11.1 Å². The van der Waals surface area contributed by atoms with E-state index in [1.165, 1.54) is 22.3 Å². The van der Waals surface area contributed by atoms with Crippen LogP contribution in [0.4, 0.5) is 0 Å². The van der Waals surface area contributed by atoms with E-state index in [4.69, 9.17) is 9.47 Å². The summed E-state index contributed by atoms with van der Waals surface area (Å²) in [4.78, 5) is 0. The van der Waals surface area contributed by atoms with Crippen LogP contribution in [0.5, 0.6) is 0 Å². The van der Waals surface area contributed by atoms with Gasteiger partial charge in [0.05, 0.1) is 13.2 Å². The lowest BCUT2D eigenvalue weighted by molar-refractivity contribution is -0.159. The molecule has 4 rings (SSSR count). The van der Waals surface area contributed by atoms with Crippen LogP contribution in [0.25, 0.3) is 16.7 Å². The second kappa shape index (κ2) is 5.71. The molecule has 0 radical (unpaired) electrons. The Bertz CT molecular complexity index is 665. The number of rotatable bonds is 2. The molecule has 1 heterocycles. The molecule has 1 saturated heterocycles. The van der Waals surface area contributed by atoms with E-state index < -0.39 is 0 Å². The highest BCUT2D eigenvalue weighted by molar-refractivity contribution is 5.71. The fraction of sp³-hybridized carbons (Fsp3) is 0.300. The molecule has 0 bridgehead atoms. The van der Waals surface area contributed by atoms with Crippen LogP contribution < -0.4 is 0 Å². The van der Waals surface area contributed by atoms with Crippen LogP contribution in [0.2, 0.25) is 0 Å². The molecular weight excluding hydrogens is 272 g/mol. The van der Waals surface area contributed by atoms with Crippen LogP contribution in [0.3, 0.4) is 0 Å². The molecule has 0 unspecified atom stereocenters. The maximum atomic E-state index is 5.78. The predicted octanol–water partition coefficient (Wildman–Crippen LogP) is 4.66. The van der Waals surface area contributed by atoms with Crippen molar-refractivity contribution in [1.82, 2.24) is 0 Å². The Balaban J connectivity index is 1.53. The van der Waals surface area contributed by atoms with Gasteiger partial charge in [0, 0.05) is 12.8 Å². The van der Waals surface area contributed by atoms with Crippen LogP contribution in [-0.4, -0.2) is 19.0 Å². The summed E-state index contributed by atoms with van der Waals surface area (Å²) in [5.74, 6) is -0.326. The Morgan fingerprint density at radius 1 is 0.727 bits per heavy atom. The molecule has 22 heavy (non-hydrogen) atoms. The number of ether oxygens (including phenoxy) is 2. The van der Waals surface area contributed by atoms with E-state index in [-0.39, 0.29) is 5.79 Å². The summed E-state index contributed by atoms with van der Waals surface area (Å²) >= 11 is 0. The molecule has 0 amide bonds. The molecule has 2 aromatic carbocycles. The molecule has 2 aliphatic rings. The number of allylic oxidation sites excluding steroid dienone is 1. The quantitative estimate of drug-likeness (QED) is 0.801. The van der Waals surface area contributed by atoms with Crippen LogP contribution in [-0.2, 0) is 9.47 Å². The second-order valence-electron chi connectivity index (χ2n) is 5.98. The van der Waals surface area contributed by atoms with E-state index in [1.807, 2.05) is 6.07 Å². The maximum absolute atomic E-state index is 5.78. The summed E-state index contributed by atoms with van der Waals surface area (Å²) in [6, 6.07) is 19.4. The van der Waals surface area contributed by atoms with Crippen molar-refractivity contribution < 1.29 is 9.47 Å². The van der Waals surface area contributed by atoms with E-state index >= 15 is 0 Å². The maximum Gasteiger partial charge on any atom is 0.172 e. The summed E-state index contributed by atoms with van der Waals surface area (Å²) < 4.78 is 11.6. The minimum Gasteiger partial charge on any atom is -0.347 e. The predicted molar refractivity (Wildman–Crippen MR) is 88.3 cm³/mol. The highest BCUT2D eigenvalue weighted by atomic mass is 16.7. The summed E-state index contributed by atoms with van der Waals surface area (Å²) in [6.07, 6.45) is 5.12. The first-order chi connectivity index (χ1) is 10.8. The Morgan fingerprint density at radius 3 is 2.00 bits per heavy atom. The van der Waals surface area contributed by atoms with E-state index in [9.17, 15) is 0 Å². The van der Waals surface area contributed by atoms with Gasteiger partial charge in [0.2, 0.25) is 0 Å². The van der Waals surface area contributed by atoms with Gasteiger partial charge in [-0.2, -0.15) is 0 Å². The topological polar surface area (TPSA) is 18.5 Å². The van der Waals surface area contributed by atoms with E-state index in [0.29, 0.717) is 0 Å². The van der Waals surface area contributed by atoms with Crippen LogP contribution >= 0.6 is 0 Å². The molecule has 0 atom stereocenters. The van der Waals surface area contributed by atoms with Crippen molar-refractivity contribution in [2.75, 3.05) is 13.2 Å². The van der Waals surface area contributed by atoms with Crippen molar-refractivity contribution >= 4 is 5.57 Å². The zero-order valence-electron chi connectivity index (χ0n) is 12.6. The molecule has 0 N–H and O–H groups in total. The molecule has 0 saturated carbocycles. The van der Waals surface area contributed by atoms with Gasteiger partial charge in [0.1, 0.15) is 0 Å². The van der Waals surface area contributed by atoms with Gasteiger partial charge in [-0.25, -0.2) is 0 Å². The van der Waals surface area contributed by atoms with Gasteiger partial charge in [0.15, 0.2) is 5.79 Å². The lowest BCUT2D eigenvalue weighted by Crippen LogP contribution is -2.31. The first-order valence-electron chi connectivity index (χ1n) is 7.98. The number of hydrogen-bond acceptors (Lipinski definition) is 2. The smallest absolute Gasteiger partial charge is 0.172 e. The van der Waals surface area contributed by atoms with Crippen LogP contribution in [0.15, 0.2) is 60.7 Å². The van der Waals surface area contributed by atoms with Crippen molar-refractivity contribution in [1.29, 1.82) is 0 Å². The van der Waals surface area contributed by atoms with Crippen molar-refractivity contribution in [2.24, 2.45) is 0 Å². The molecule has 2 nitrogen and oxygen atoms in total. The van der Waals surface area contributed by atoms with E-state index in [2.05, 4.69) is 54.6 Å². The molecule has 1 spiro atoms. The third-order valence-corrected chi connectivity index (χ3v) is 4.61. The van der Waals surface area contributed by atoms with E-state index in [1.54, 1.807) is 0 Å². The SMILES string of the molecule is C1=C(c2ccc(-c3ccccc3)cc2)CCC2(C1)OCCO2. The first-order valence-corrected chi connectivity index (χ1v) is 7.98. The fourth-order valence-electron chi connectivity index (χ4n) is 3.34. The van der Waals surface area contributed by atoms with Gasteiger partial charge in [-0.3, -0.25) is 0 Å². The Kier molecular flexibility index (Phi) is 3.57. The monoisotopic (exact) mass is 292 g/mol. The number of hydrogen-bond donors (Lipinski definition) is 0. The molecule has 2 heteroatoms. The highest BCUT2D eigenvalue weighted by Crippen LogP contribution is 2.38. The molecule has 0 aromatic heterocycles. The van der Waals surface area contributed by atoms with Crippen molar-refractivity contribution in [3.63, 3.8) is 0 Å². The fourth-order valence-corrected chi connectivity index (χ4v) is 3.34. The molecular formula is C20H20O2. The van der Waals surface area contributed by atoms with E-state index in [0.717, 1.165) is 32.5 Å². The van der Waals surface area contributed by atoms with Gasteiger partial charge < -0.3 is 9.47 Å². The minimum absolute atomic E-state index is 0.326. The van der Waals surface area contributed by atoms with Gasteiger partial charge in [-0.15, -0.1) is 0 Å². The van der Waals surface area contributed by atoms with Crippen LogP contribution in [0, 0.1) is 0 Å². The number of benzene rings is 2. The lowest BCUT2D eigenvalue weighted by atomic mass is 9.89. The first kappa shape index (κ1) is 13.7. The minimum atomic E-state index is -0.326. The van der Waals surface area contributed by atoms with Gasteiger partial charge in [0.25, 0.3) is 0 Å². The van der Waals surface area contributed by atoms with Crippen LogP contribution in [0.1, 0.15) is 24.8 Å². The average Bonchev–Trinajstić information content (AvgIpc) is 3.05. The highest BCUT2D eigenvalue weighted by Gasteiger charge is 2.37. The lowest BCUT2D eigenvalue weighted by Gasteiger charge is -2.30. The molecule has 1 aliphatic heterocycles. The molecule has 1 aliphatic carbocycles. The molecule has 112 valence electrons. The van der Waals surface area contributed by atoms with Gasteiger partial charge >= 0.3 is 0 Å². The normalized spacial score (nSPS) is 20.1. The van der Waals surface area contributed by atoms with Gasteiger partial charge in [-0.1, -0.05) is 60.7 Å².